The Bertz CT molecular complexity index is 1360. The first-order valence-corrected chi connectivity index (χ1v) is 13.1. The zero-order valence-electron chi connectivity index (χ0n) is 22.8. The number of aliphatic imine (C=N–C) groups is 1. The lowest BCUT2D eigenvalue weighted by Crippen LogP contribution is -2.53. The number of benzene rings is 3. The summed E-state index contributed by atoms with van der Waals surface area (Å²) >= 11 is 0. The molecule has 0 bridgehead atoms. The second kappa shape index (κ2) is 11.2. The number of aryl methyl sites for hydroxylation is 2. The molecule has 0 aromatic heterocycles. The minimum Gasteiger partial charge on any atom is -0.497 e. The minimum absolute atomic E-state index is 0.289. The highest BCUT2D eigenvalue weighted by molar-refractivity contribution is 5.76. The topological polar surface area (TPSA) is 72.8 Å². The van der Waals surface area contributed by atoms with Crippen molar-refractivity contribution in [1.29, 1.82) is 0 Å². The number of rotatable bonds is 8. The van der Waals surface area contributed by atoms with Gasteiger partial charge in [0.1, 0.15) is 29.0 Å². The Labute approximate surface area is 228 Å². The molecule has 3 aromatic carbocycles. The number of halogens is 1. The Morgan fingerprint density at radius 3 is 2.51 bits per heavy atom. The SMILES string of the molecule is COc1ccc(CN(Cc2ccc(C)cc2OC)C2=N[C@@]3(c4ccccc4F)CCO[C@H]3[C@@H](CO)O2)c(C)c1. The van der Waals surface area contributed by atoms with E-state index in [0.717, 1.165) is 33.8 Å². The van der Waals surface area contributed by atoms with Crippen molar-refractivity contribution < 1.29 is 28.4 Å². The fraction of sp³-hybridized carbons (Fsp3) is 0.387. The molecule has 1 saturated heterocycles. The van der Waals surface area contributed by atoms with Crippen LogP contribution >= 0.6 is 0 Å². The van der Waals surface area contributed by atoms with Crippen molar-refractivity contribution in [2.24, 2.45) is 4.99 Å². The maximum atomic E-state index is 15.3. The lowest BCUT2D eigenvalue weighted by Gasteiger charge is -2.42. The Hall–Kier alpha value is -3.62. The Kier molecular flexibility index (Phi) is 7.77. The summed E-state index contributed by atoms with van der Waals surface area (Å²) in [5.74, 6) is 1.18. The average Bonchev–Trinajstić information content (AvgIpc) is 3.39. The van der Waals surface area contributed by atoms with Crippen LogP contribution in [0, 0.1) is 19.7 Å². The largest absolute Gasteiger partial charge is 0.497 e. The highest BCUT2D eigenvalue weighted by atomic mass is 19.1. The molecule has 0 aliphatic carbocycles. The minimum atomic E-state index is -1.02. The summed E-state index contributed by atoms with van der Waals surface area (Å²) in [5, 5.41) is 10.4. The molecule has 0 saturated carbocycles. The van der Waals surface area contributed by atoms with Gasteiger partial charge in [-0.05, 0) is 54.8 Å². The summed E-state index contributed by atoms with van der Waals surface area (Å²) in [7, 11) is 3.30. The molecular formula is C31H35FN2O5. The number of aliphatic hydroxyl groups excluding tert-OH is 1. The first-order chi connectivity index (χ1) is 18.9. The summed E-state index contributed by atoms with van der Waals surface area (Å²) in [6.07, 6.45) is -0.841. The lowest BCUT2D eigenvalue weighted by molar-refractivity contribution is -0.0654. The highest BCUT2D eigenvalue weighted by Gasteiger charge is 2.55. The van der Waals surface area contributed by atoms with Gasteiger partial charge < -0.3 is 29.0 Å². The monoisotopic (exact) mass is 534 g/mol. The van der Waals surface area contributed by atoms with E-state index in [4.69, 9.17) is 23.9 Å². The molecule has 2 aliphatic heterocycles. The summed E-state index contributed by atoms with van der Waals surface area (Å²) in [5.41, 5.74) is 3.57. The van der Waals surface area contributed by atoms with E-state index in [2.05, 4.69) is 0 Å². The number of amidine groups is 1. The van der Waals surface area contributed by atoms with Crippen LogP contribution in [-0.2, 0) is 28.1 Å². The number of fused-ring (bicyclic) bond motifs is 1. The maximum Gasteiger partial charge on any atom is 0.289 e. The van der Waals surface area contributed by atoms with Crippen LogP contribution in [0.15, 0.2) is 65.7 Å². The first kappa shape index (κ1) is 27.0. The molecule has 1 N–H and O–H groups in total. The number of aliphatic hydroxyl groups is 1. The molecule has 1 fully saturated rings. The molecule has 8 heteroatoms. The van der Waals surface area contributed by atoms with Crippen molar-refractivity contribution in [1.82, 2.24) is 4.90 Å². The molecule has 3 atom stereocenters. The third-order valence-corrected chi connectivity index (χ3v) is 7.65. The van der Waals surface area contributed by atoms with Crippen LogP contribution in [-0.4, -0.2) is 55.7 Å². The van der Waals surface area contributed by atoms with E-state index in [1.807, 2.05) is 55.1 Å². The summed E-state index contributed by atoms with van der Waals surface area (Å²) in [4.78, 5) is 7.13. The Morgan fingerprint density at radius 1 is 1.03 bits per heavy atom. The first-order valence-electron chi connectivity index (χ1n) is 13.1. The fourth-order valence-electron chi connectivity index (χ4n) is 5.55. The van der Waals surface area contributed by atoms with Crippen LogP contribution in [0.2, 0.25) is 0 Å². The van der Waals surface area contributed by atoms with Gasteiger partial charge in [0.05, 0.1) is 34.0 Å². The van der Waals surface area contributed by atoms with Gasteiger partial charge >= 0.3 is 0 Å². The van der Waals surface area contributed by atoms with Gasteiger partial charge in [0.25, 0.3) is 6.02 Å². The molecule has 2 aliphatic rings. The molecule has 0 radical (unpaired) electrons. The fourth-order valence-corrected chi connectivity index (χ4v) is 5.55. The molecule has 3 aromatic rings. The Morgan fingerprint density at radius 2 is 1.79 bits per heavy atom. The van der Waals surface area contributed by atoms with E-state index >= 15 is 4.39 Å². The predicted octanol–water partition coefficient (Wildman–Crippen LogP) is 4.89. The van der Waals surface area contributed by atoms with Crippen molar-refractivity contribution in [3.05, 3.63) is 94.3 Å². The van der Waals surface area contributed by atoms with Crippen LogP contribution in [0.1, 0.15) is 34.2 Å². The Balaban J connectivity index is 1.62. The third kappa shape index (κ3) is 5.18. The van der Waals surface area contributed by atoms with Gasteiger partial charge in [0.15, 0.2) is 6.10 Å². The molecule has 0 unspecified atom stereocenters. The second-order valence-electron chi connectivity index (χ2n) is 10.1. The molecule has 39 heavy (non-hydrogen) atoms. The highest BCUT2D eigenvalue weighted by Crippen LogP contribution is 2.46. The predicted molar refractivity (Wildman–Crippen MR) is 147 cm³/mol. The quantitative estimate of drug-likeness (QED) is 0.444. The maximum absolute atomic E-state index is 15.3. The number of hydrogen-bond donors (Lipinski definition) is 1. The van der Waals surface area contributed by atoms with Gasteiger partial charge in [-0.3, -0.25) is 0 Å². The molecule has 0 amide bonds. The zero-order valence-corrected chi connectivity index (χ0v) is 22.8. The number of nitrogens with zero attached hydrogens (tertiary/aromatic N) is 2. The van der Waals surface area contributed by atoms with Crippen LogP contribution in [0.25, 0.3) is 0 Å². The van der Waals surface area contributed by atoms with Crippen molar-refractivity contribution >= 4 is 6.02 Å². The van der Waals surface area contributed by atoms with Crippen LogP contribution < -0.4 is 9.47 Å². The molecule has 5 rings (SSSR count). The van der Waals surface area contributed by atoms with Gasteiger partial charge in [0, 0.05) is 24.1 Å². The van der Waals surface area contributed by atoms with Gasteiger partial charge in [-0.25, -0.2) is 9.38 Å². The van der Waals surface area contributed by atoms with Crippen molar-refractivity contribution in [3.8, 4) is 11.5 Å². The summed E-state index contributed by atoms with van der Waals surface area (Å²) in [6.45, 7) is 5.03. The zero-order chi connectivity index (χ0) is 27.6. The van der Waals surface area contributed by atoms with E-state index in [1.165, 1.54) is 6.07 Å². The van der Waals surface area contributed by atoms with E-state index in [0.29, 0.717) is 37.7 Å². The standard InChI is InChI=1S/C31H35FN2O5/c1-20-9-10-23(27(15-20)37-4)18-34(17-22-11-12-24(36-3)16-21(22)2)30-33-31(25-7-5-6-8-26(25)32)13-14-38-29(31)28(19-35)39-30/h5-12,15-16,28-29,35H,13-14,17-19H2,1-4H3/t28-,29+,31-/m1/s1. The van der Waals surface area contributed by atoms with Crippen LogP contribution in [0.5, 0.6) is 11.5 Å². The number of methoxy groups -OCH3 is 2. The smallest absolute Gasteiger partial charge is 0.289 e. The van der Waals surface area contributed by atoms with Crippen molar-refractivity contribution in [2.45, 2.75) is 51.1 Å². The van der Waals surface area contributed by atoms with E-state index in [1.54, 1.807) is 32.4 Å². The van der Waals surface area contributed by atoms with Crippen molar-refractivity contribution in [3.63, 3.8) is 0 Å². The summed E-state index contributed by atoms with van der Waals surface area (Å²) in [6, 6.07) is 19.0. The van der Waals surface area contributed by atoms with Crippen LogP contribution in [0.4, 0.5) is 4.39 Å². The van der Waals surface area contributed by atoms with Gasteiger partial charge in [-0.15, -0.1) is 0 Å². The average molecular weight is 535 g/mol. The van der Waals surface area contributed by atoms with Gasteiger partial charge in [0.2, 0.25) is 0 Å². The third-order valence-electron chi connectivity index (χ3n) is 7.65. The number of hydrogen-bond acceptors (Lipinski definition) is 7. The molecular weight excluding hydrogens is 499 g/mol. The molecule has 7 nitrogen and oxygen atoms in total. The van der Waals surface area contributed by atoms with E-state index in [9.17, 15) is 5.11 Å². The molecule has 0 spiro atoms. The molecule has 206 valence electrons. The van der Waals surface area contributed by atoms with E-state index < -0.39 is 17.7 Å². The van der Waals surface area contributed by atoms with Crippen LogP contribution in [0.3, 0.4) is 0 Å². The number of ether oxygens (including phenoxy) is 4. The van der Waals surface area contributed by atoms with Crippen molar-refractivity contribution in [2.75, 3.05) is 27.4 Å². The normalized spacial score (nSPS) is 22.1. The molecule has 2 heterocycles. The van der Waals surface area contributed by atoms with Gasteiger partial charge in [-0.2, -0.15) is 0 Å². The van der Waals surface area contributed by atoms with Gasteiger partial charge in [-0.1, -0.05) is 36.4 Å². The lowest BCUT2D eigenvalue weighted by atomic mass is 9.80. The summed E-state index contributed by atoms with van der Waals surface area (Å²) < 4.78 is 38.7. The van der Waals surface area contributed by atoms with E-state index in [-0.39, 0.29) is 12.4 Å². The second-order valence-corrected chi connectivity index (χ2v) is 10.1.